The molecule has 2 atom stereocenters. The number of amides is 1. The van der Waals surface area contributed by atoms with Gasteiger partial charge in [0.05, 0.1) is 12.1 Å². The van der Waals surface area contributed by atoms with Crippen LogP contribution in [-0.4, -0.2) is 23.2 Å². The van der Waals surface area contributed by atoms with E-state index in [2.05, 4.69) is 5.32 Å². The minimum absolute atomic E-state index is 0.0617. The number of halogens is 2. The lowest BCUT2D eigenvalue weighted by Crippen LogP contribution is -2.45. The molecule has 1 aliphatic carbocycles. The van der Waals surface area contributed by atoms with E-state index >= 15 is 0 Å². The van der Waals surface area contributed by atoms with Crippen LogP contribution < -0.4 is 5.32 Å². The second-order valence-corrected chi connectivity index (χ2v) is 4.56. The first-order valence-corrected chi connectivity index (χ1v) is 6.02. The van der Waals surface area contributed by atoms with Gasteiger partial charge >= 0.3 is 0 Å². The summed E-state index contributed by atoms with van der Waals surface area (Å²) in [5.74, 6) is -2.52. The minimum atomic E-state index is -1.05. The molecule has 0 saturated heterocycles. The first-order chi connectivity index (χ1) is 8.58. The van der Waals surface area contributed by atoms with Crippen LogP contribution in [0.15, 0.2) is 18.2 Å². The monoisotopic (exact) mass is 255 g/mol. The predicted octanol–water partition coefficient (Wildman–Crippen LogP) is 2.00. The fraction of sp³-hybridized carbons (Fsp3) is 0.462. The Balaban J connectivity index is 2.04. The molecule has 98 valence electrons. The quantitative estimate of drug-likeness (QED) is 0.849. The van der Waals surface area contributed by atoms with Crippen molar-refractivity contribution in [2.45, 2.75) is 37.8 Å². The van der Waals surface area contributed by atoms with Gasteiger partial charge in [0, 0.05) is 5.56 Å². The second-order valence-electron chi connectivity index (χ2n) is 4.56. The van der Waals surface area contributed by atoms with Crippen LogP contribution in [0.5, 0.6) is 0 Å². The molecule has 0 bridgehead atoms. The van der Waals surface area contributed by atoms with E-state index in [4.69, 9.17) is 0 Å². The molecular weight excluding hydrogens is 240 g/mol. The molecule has 1 aromatic carbocycles. The highest BCUT2D eigenvalue weighted by molar-refractivity contribution is 5.94. The topological polar surface area (TPSA) is 49.3 Å². The van der Waals surface area contributed by atoms with Crippen molar-refractivity contribution in [1.29, 1.82) is 0 Å². The normalized spacial score (nSPS) is 23.7. The Kier molecular flexibility index (Phi) is 3.91. The van der Waals surface area contributed by atoms with Crippen LogP contribution >= 0.6 is 0 Å². The van der Waals surface area contributed by atoms with Crippen molar-refractivity contribution in [3.8, 4) is 0 Å². The Morgan fingerprint density at radius 1 is 1.22 bits per heavy atom. The summed E-state index contributed by atoms with van der Waals surface area (Å²) in [4.78, 5) is 11.8. The van der Waals surface area contributed by atoms with Gasteiger partial charge in [0.25, 0.3) is 5.91 Å². The van der Waals surface area contributed by atoms with E-state index in [1.807, 2.05) is 0 Å². The van der Waals surface area contributed by atoms with E-state index in [1.54, 1.807) is 0 Å². The van der Waals surface area contributed by atoms with Crippen LogP contribution in [0.4, 0.5) is 8.78 Å². The zero-order valence-electron chi connectivity index (χ0n) is 9.83. The SMILES string of the molecule is O=C(NC1CCCCC1O)c1ccc(F)c(F)c1. The Hall–Kier alpha value is -1.49. The third-order valence-corrected chi connectivity index (χ3v) is 3.23. The van der Waals surface area contributed by atoms with Gasteiger partial charge in [-0.1, -0.05) is 12.8 Å². The molecule has 1 saturated carbocycles. The molecule has 0 radical (unpaired) electrons. The average Bonchev–Trinajstić information content (AvgIpc) is 2.35. The third-order valence-electron chi connectivity index (χ3n) is 3.23. The number of aliphatic hydroxyl groups excluding tert-OH is 1. The number of aliphatic hydroxyl groups is 1. The highest BCUT2D eigenvalue weighted by Gasteiger charge is 2.25. The third kappa shape index (κ3) is 2.85. The van der Waals surface area contributed by atoms with Crippen molar-refractivity contribution in [1.82, 2.24) is 5.32 Å². The summed E-state index contributed by atoms with van der Waals surface area (Å²) in [5, 5.41) is 12.4. The largest absolute Gasteiger partial charge is 0.391 e. The van der Waals surface area contributed by atoms with Crippen LogP contribution in [0, 0.1) is 11.6 Å². The second kappa shape index (κ2) is 5.44. The molecule has 0 aliphatic heterocycles. The number of hydrogen-bond donors (Lipinski definition) is 2. The van der Waals surface area contributed by atoms with Gasteiger partial charge in [0.15, 0.2) is 11.6 Å². The number of carbonyl (C=O) groups excluding carboxylic acids is 1. The maximum Gasteiger partial charge on any atom is 0.251 e. The molecule has 2 N–H and O–H groups in total. The lowest BCUT2D eigenvalue weighted by molar-refractivity contribution is 0.0717. The molecule has 0 aromatic heterocycles. The lowest BCUT2D eigenvalue weighted by Gasteiger charge is -2.28. The van der Waals surface area contributed by atoms with E-state index < -0.39 is 23.6 Å². The molecule has 2 unspecified atom stereocenters. The van der Waals surface area contributed by atoms with Crippen LogP contribution in [0.25, 0.3) is 0 Å². The van der Waals surface area contributed by atoms with Gasteiger partial charge in [-0.05, 0) is 31.0 Å². The van der Waals surface area contributed by atoms with Crippen molar-refractivity contribution in [3.63, 3.8) is 0 Å². The summed E-state index contributed by atoms with van der Waals surface area (Å²) in [5.41, 5.74) is 0.0617. The summed E-state index contributed by atoms with van der Waals surface area (Å²) in [6.07, 6.45) is 2.69. The zero-order chi connectivity index (χ0) is 13.1. The number of hydrogen-bond acceptors (Lipinski definition) is 2. The van der Waals surface area contributed by atoms with Gasteiger partial charge in [-0.3, -0.25) is 4.79 Å². The first kappa shape index (κ1) is 13.0. The molecule has 1 aromatic rings. The van der Waals surface area contributed by atoms with Crippen molar-refractivity contribution in [2.75, 3.05) is 0 Å². The molecule has 1 aliphatic rings. The van der Waals surface area contributed by atoms with Gasteiger partial charge in [0.2, 0.25) is 0 Å². The zero-order valence-corrected chi connectivity index (χ0v) is 9.83. The van der Waals surface area contributed by atoms with Crippen molar-refractivity contribution >= 4 is 5.91 Å². The van der Waals surface area contributed by atoms with Gasteiger partial charge in [0.1, 0.15) is 0 Å². The van der Waals surface area contributed by atoms with E-state index in [1.165, 1.54) is 6.07 Å². The number of carbonyl (C=O) groups is 1. The van der Waals surface area contributed by atoms with Gasteiger partial charge in [-0.15, -0.1) is 0 Å². The fourth-order valence-corrected chi connectivity index (χ4v) is 2.17. The predicted molar refractivity (Wildman–Crippen MR) is 62.1 cm³/mol. The van der Waals surface area contributed by atoms with E-state index in [9.17, 15) is 18.7 Å². The Morgan fingerprint density at radius 3 is 2.61 bits per heavy atom. The summed E-state index contributed by atoms with van der Waals surface area (Å²) in [6.45, 7) is 0. The smallest absolute Gasteiger partial charge is 0.251 e. The standard InChI is InChI=1S/C13H15F2NO2/c14-9-6-5-8(7-10(9)15)13(18)16-11-3-1-2-4-12(11)17/h5-7,11-12,17H,1-4H2,(H,16,18). The number of rotatable bonds is 2. The minimum Gasteiger partial charge on any atom is -0.391 e. The molecule has 2 rings (SSSR count). The molecule has 1 amide bonds. The first-order valence-electron chi connectivity index (χ1n) is 6.02. The molecule has 0 spiro atoms. The van der Waals surface area contributed by atoms with Gasteiger partial charge < -0.3 is 10.4 Å². The van der Waals surface area contributed by atoms with Crippen molar-refractivity contribution in [3.05, 3.63) is 35.4 Å². The Morgan fingerprint density at radius 2 is 1.94 bits per heavy atom. The molecule has 1 fully saturated rings. The number of benzene rings is 1. The lowest BCUT2D eigenvalue weighted by atomic mass is 9.92. The molecule has 18 heavy (non-hydrogen) atoms. The van der Waals surface area contributed by atoms with Crippen LogP contribution in [-0.2, 0) is 0 Å². The molecule has 3 nitrogen and oxygen atoms in total. The maximum absolute atomic E-state index is 13.0. The van der Waals surface area contributed by atoms with Gasteiger partial charge in [-0.2, -0.15) is 0 Å². The summed E-state index contributed by atoms with van der Waals surface area (Å²) in [6, 6.07) is 2.70. The van der Waals surface area contributed by atoms with Crippen LogP contribution in [0.2, 0.25) is 0 Å². The fourth-order valence-electron chi connectivity index (χ4n) is 2.17. The van der Waals surface area contributed by atoms with E-state index in [0.29, 0.717) is 12.8 Å². The highest BCUT2D eigenvalue weighted by Crippen LogP contribution is 2.19. The molecule has 5 heteroatoms. The maximum atomic E-state index is 13.0. The molecule has 0 heterocycles. The van der Waals surface area contributed by atoms with Crippen molar-refractivity contribution < 1.29 is 18.7 Å². The van der Waals surface area contributed by atoms with Crippen LogP contribution in [0.1, 0.15) is 36.0 Å². The Bertz CT molecular complexity index is 451. The molecular formula is C13H15F2NO2. The van der Waals surface area contributed by atoms with E-state index in [-0.39, 0.29) is 11.6 Å². The average molecular weight is 255 g/mol. The summed E-state index contributed by atoms with van der Waals surface area (Å²) < 4.78 is 25.7. The summed E-state index contributed by atoms with van der Waals surface area (Å²) in [7, 11) is 0. The number of nitrogens with one attached hydrogen (secondary N) is 1. The van der Waals surface area contributed by atoms with Crippen LogP contribution in [0.3, 0.4) is 0 Å². The Labute approximate surface area is 104 Å². The van der Waals surface area contributed by atoms with E-state index in [0.717, 1.165) is 25.0 Å². The van der Waals surface area contributed by atoms with Crippen molar-refractivity contribution in [2.24, 2.45) is 0 Å². The summed E-state index contributed by atoms with van der Waals surface area (Å²) >= 11 is 0. The highest BCUT2D eigenvalue weighted by atomic mass is 19.2. The van der Waals surface area contributed by atoms with Gasteiger partial charge in [-0.25, -0.2) is 8.78 Å².